The van der Waals surface area contributed by atoms with E-state index in [0.29, 0.717) is 0 Å². The predicted octanol–water partition coefficient (Wildman–Crippen LogP) is 2.31. The van der Waals surface area contributed by atoms with E-state index in [1.807, 2.05) is 19.1 Å². The lowest BCUT2D eigenvalue weighted by atomic mass is 10.1. The van der Waals surface area contributed by atoms with Crippen molar-refractivity contribution in [3.05, 3.63) is 33.4 Å². The maximum atomic E-state index is 5.68. The highest BCUT2D eigenvalue weighted by Crippen LogP contribution is 2.12. The number of rotatable bonds is 1. The summed E-state index contributed by atoms with van der Waals surface area (Å²) in [7, 11) is 0. The Balaban J connectivity index is 2.96. The van der Waals surface area contributed by atoms with E-state index in [0.717, 1.165) is 0 Å². The molecular formula is C8H10IN. The van der Waals surface area contributed by atoms with Gasteiger partial charge in [-0.3, -0.25) is 0 Å². The Kier molecular flexibility index (Phi) is 2.68. The highest BCUT2D eigenvalue weighted by atomic mass is 127. The lowest BCUT2D eigenvalue weighted by Crippen LogP contribution is -2.04. The van der Waals surface area contributed by atoms with E-state index in [-0.39, 0.29) is 6.04 Å². The number of hydrogen-bond acceptors (Lipinski definition) is 1. The van der Waals surface area contributed by atoms with Crippen LogP contribution in [0.1, 0.15) is 18.5 Å². The molecule has 1 nitrogen and oxygen atoms in total. The van der Waals surface area contributed by atoms with Crippen LogP contribution < -0.4 is 5.73 Å². The molecule has 0 saturated heterocycles. The lowest BCUT2D eigenvalue weighted by Gasteiger charge is -2.04. The van der Waals surface area contributed by atoms with Crippen LogP contribution in [0.2, 0.25) is 0 Å². The Labute approximate surface area is 74.8 Å². The molecule has 0 aliphatic rings. The summed E-state index contributed by atoms with van der Waals surface area (Å²) < 4.78 is 1.24. The van der Waals surface area contributed by atoms with Crippen molar-refractivity contribution in [3.8, 4) is 0 Å². The molecule has 1 rings (SSSR count). The van der Waals surface area contributed by atoms with Gasteiger partial charge >= 0.3 is 0 Å². The number of benzene rings is 1. The minimum absolute atomic E-state index is 0.148. The minimum Gasteiger partial charge on any atom is -0.324 e. The van der Waals surface area contributed by atoms with Crippen molar-refractivity contribution >= 4 is 22.6 Å². The minimum atomic E-state index is 0.148. The molecule has 0 saturated carbocycles. The van der Waals surface area contributed by atoms with E-state index in [1.165, 1.54) is 9.13 Å². The molecule has 0 spiro atoms. The smallest absolute Gasteiger partial charge is 0.0266 e. The molecule has 10 heavy (non-hydrogen) atoms. The molecule has 0 aliphatic carbocycles. The second kappa shape index (κ2) is 3.34. The van der Waals surface area contributed by atoms with E-state index >= 15 is 0 Å². The van der Waals surface area contributed by atoms with Crippen LogP contribution in [0.3, 0.4) is 0 Å². The van der Waals surface area contributed by atoms with Gasteiger partial charge in [0.2, 0.25) is 0 Å². The Morgan fingerprint density at radius 3 is 2.60 bits per heavy atom. The second-order valence-corrected chi connectivity index (χ2v) is 3.59. The predicted molar refractivity (Wildman–Crippen MR) is 51.8 cm³/mol. The van der Waals surface area contributed by atoms with E-state index in [1.54, 1.807) is 0 Å². The van der Waals surface area contributed by atoms with Crippen molar-refractivity contribution in [2.24, 2.45) is 5.73 Å². The van der Waals surface area contributed by atoms with Gasteiger partial charge in [-0.2, -0.15) is 0 Å². The van der Waals surface area contributed by atoms with Crippen molar-refractivity contribution < 1.29 is 0 Å². The van der Waals surface area contributed by atoms with Crippen molar-refractivity contribution in [2.45, 2.75) is 13.0 Å². The fourth-order valence-corrected chi connectivity index (χ4v) is 1.36. The van der Waals surface area contributed by atoms with Crippen molar-refractivity contribution in [3.63, 3.8) is 0 Å². The first kappa shape index (κ1) is 8.01. The van der Waals surface area contributed by atoms with Gasteiger partial charge in [0.15, 0.2) is 0 Å². The van der Waals surface area contributed by atoms with Gasteiger partial charge in [0.1, 0.15) is 0 Å². The molecule has 54 valence electrons. The number of nitrogens with two attached hydrogens (primary N) is 1. The first-order chi connectivity index (χ1) is 4.70. The fourth-order valence-electron chi connectivity index (χ4n) is 0.790. The van der Waals surface area contributed by atoms with Crippen LogP contribution in [0.25, 0.3) is 0 Å². The Bertz CT molecular complexity index is 220. The third kappa shape index (κ3) is 1.95. The van der Waals surface area contributed by atoms with E-state index in [9.17, 15) is 0 Å². The number of halogens is 1. The van der Waals surface area contributed by atoms with Crippen LogP contribution in [0.5, 0.6) is 0 Å². The van der Waals surface area contributed by atoms with Crippen molar-refractivity contribution in [1.82, 2.24) is 0 Å². The molecule has 0 bridgehead atoms. The van der Waals surface area contributed by atoms with Gasteiger partial charge in [0, 0.05) is 9.61 Å². The Morgan fingerprint density at radius 1 is 1.50 bits per heavy atom. The monoisotopic (exact) mass is 247 g/mol. The average Bonchev–Trinajstić information content (AvgIpc) is 1.88. The van der Waals surface area contributed by atoms with Crippen LogP contribution in [-0.2, 0) is 0 Å². The standard InChI is InChI=1S/C8H10IN/c1-6(10)7-3-2-4-8(9)5-7/h2-6H,10H2,1H3/t6-/m1/s1. The van der Waals surface area contributed by atoms with Crippen LogP contribution in [-0.4, -0.2) is 0 Å². The van der Waals surface area contributed by atoms with Crippen LogP contribution in [0.15, 0.2) is 24.3 Å². The molecule has 0 aromatic heterocycles. The summed E-state index contributed by atoms with van der Waals surface area (Å²) in [5.41, 5.74) is 6.88. The summed E-state index contributed by atoms with van der Waals surface area (Å²) in [5, 5.41) is 0. The summed E-state index contributed by atoms with van der Waals surface area (Å²) in [6, 6.07) is 8.39. The SMILES string of the molecule is C[C@@H](N)c1cccc(I)c1. The molecule has 2 N–H and O–H groups in total. The molecule has 0 radical (unpaired) electrons. The highest BCUT2D eigenvalue weighted by molar-refractivity contribution is 14.1. The fraction of sp³-hybridized carbons (Fsp3) is 0.250. The molecule has 0 unspecified atom stereocenters. The molecule has 1 atom stereocenters. The lowest BCUT2D eigenvalue weighted by molar-refractivity contribution is 0.817. The second-order valence-electron chi connectivity index (χ2n) is 2.34. The van der Waals surface area contributed by atoms with Gasteiger partial charge in [-0.15, -0.1) is 0 Å². The normalized spacial score (nSPS) is 13.1. The van der Waals surface area contributed by atoms with Gasteiger partial charge in [-0.25, -0.2) is 0 Å². The van der Waals surface area contributed by atoms with Gasteiger partial charge in [0.25, 0.3) is 0 Å². The third-order valence-corrected chi connectivity index (χ3v) is 2.05. The van der Waals surface area contributed by atoms with E-state index in [4.69, 9.17) is 5.73 Å². The van der Waals surface area contributed by atoms with Gasteiger partial charge in [-0.05, 0) is 47.2 Å². The highest BCUT2D eigenvalue weighted by Gasteiger charge is 1.97. The number of hydrogen-bond donors (Lipinski definition) is 1. The molecule has 0 heterocycles. The van der Waals surface area contributed by atoms with Crippen molar-refractivity contribution in [1.29, 1.82) is 0 Å². The quantitative estimate of drug-likeness (QED) is 0.757. The van der Waals surface area contributed by atoms with Crippen LogP contribution in [0.4, 0.5) is 0 Å². The summed E-state index contributed by atoms with van der Waals surface area (Å²) in [4.78, 5) is 0. The zero-order valence-electron chi connectivity index (χ0n) is 5.84. The first-order valence-electron chi connectivity index (χ1n) is 3.21. The molecule has 1 aromatic rings. The molecule has 1 aromatic carbocycles. The maximum absolute atomic E-state index is 5.68. The maximum Gasteiger partial charge on any atom is 0.0266 e. The first-order valence-corrected chi connectivity index (χ1v) is 4.29. The van der Waals surface area contributed by atoms with Crippen LogP contribution >= 0.6 is 22.6 Å². The van der Waals surface area contributed by atoms with Gasteiger partial charge in [0.05, 0.1) is 0 Å². The molecule has 2 heteroatoms. The average molecular weight is 247 g/mol. The van der Waals surface area contributed by atoms with Crippen molar-refractivity contribution in [2.75, 3.05) is 0 Å². The largest absolute Gasteiger partial charge is 0.324 e. The topological polar surface area (TPSA) is 26.0 Å². The molecule has 0 fully saturated rings. The van der Waals surface area contributed by atoms with Crippen LogP contribution in [0, 0.1) is 3.57 Å². The van der Waals surface area contributed by atoms with E-state index < -0.39 is 0 Å². The van der Waals surface area contributed by atoms with Gasteiger partial charge in [-0.1, -0.05) is 12.1 Å². The summed E-state index contributed by atoms with van der Waals surface area (Å²) in [6.07, 6.45) is 0. The Hall–Kier alpha value is -0.0900. The molecular weight excluding hydrogens is 237 g/mol. The summed E-state index contributed by atoms with van der Waals surface area (Å²) in [5.74, 6) is 0. The molecule has 0 amide bonds. The zero-order chi connectivity index (χ0) is 7.56. The zero-order valence-corrected chi connectivity index (χ0v) is 8.00. The molecule has 0 aliphatic heterocycles. The van der Waals surface area contributed by atoms with Gasteiger partial charge < -0.3 is 5.73 Å². The third-order valence-electron chi connectivity index (χ3n) is 1.37. The summed E-state index contributed by atoms with van der Waals surface area (Å²) >= 11 is 2.28. The summed E-state index contributed by atoms with van der Waals surface area (Å²) in [6.45, 7) is 1.99. The Morgan fingerprint density at radius 2 is 2.20 bits per heavy atom. The van der Waals surface area contributed by atoms with E-state index in [2.05, 4.69) is 34.7 Å².